The van der Waals surface area contributed by atoms with Gasteiger partial charge in [0.2, 0.25) is 0 Å². The Morgan fingerprint density at radius 1 is 0.970 bits per heavy atom. The van der Waals surface area contributed by atoms with E-state index in [4.69, 9.17) is 4.74 Å². The third kappa shape index (κ3) is 2.71. The van der Waals surface area contributed by atoms with Crippen LogP contribution in [0.15, 0.2) is 41.5 Å². The van der Waals surface area contributed by atoms with Gasteiger partial charge in [0, 0.05) is 35.0 Å². The molecule has 1 saturated heterocycles. The lowest BCUT2D eigenvalue weighted by atomic mass is 9.39. The first-order valence-corrected chi connectivity index (χ1v) is 12.1. The van der Waals surface area contributed by atoms with E-state index in [9.17, 15) is 25.5 Å². The summed E-state index contributed by atoms with van der Waals surface area (Å²) in [6.45, 7) is 10.0. The summed E-state index contributed by atoms with van der Waals surface area (Å²) >= 11 is 0. The molecule has 2 unspecified atom stereocenters. The van der Waals surface area contributed by atoms with Gasteiger partial charge < -0.3 is 30.3 Å². The number of hydrogen-bond donors (Lipinski definition) is 5. The third-order valence-electron chi connectivity index (χ3n) is 10.3. The average Bonchev–Trinajstić information content (AvgIpc) is 2.76. The second kappa shape index (κ2) is 7.12. The Balaban J connectivity index is 1.87. The normalized spacial score (nSPS) is 51.0. The lowest BCUT2D eigenvalue weighted by Crippen LogP contribution is -2.75. The van der Waals surface area contributed by atoms with Gasteiger partial charge in [0.15, 0.2) is 0 Å². The fourth-order valence-electron chi connectivity index (χ4n) is 8.22. The van der Waals surface area contributed by atoms with Crippen LogP contribution in [0, 0.1) is 22.2 Å². The summed E-state index contributed by atoms with van der Waals surface area (Å²) in [6, 6.07) is 9.77. The van der Waals surface area contributed by atoms with Crippen molar-refractivity contribution in [2.24, 2.45) is 22.2 Å². The zero-order valence-electron chi connectivity index (χ0n) is 20.2. The number of ether oxygens (including phenoxy) is 1. The quantitative estimate of drug-likeness (QED) is 0.413. The third-order valence-corrected chi connectivity index (χ3v) is 10.3. The van der Waals surface area contributed by atoms with Crippen LogP contribution in [0.1, 0.15) is 58.9 Å². The summed E-state index contributed by atoms with van der Waals surface area (Å²) < 4.78 is 5.90. The fourth-order valence-corrected chi connectivity index (χ4v) is 8.22. The zero-order valence-corrected chi connectivity index (χ0v) is 20.2. The van der Waals surface area contributed by atoms with E-state index in [-0.39, 0.29) is 12.5 Å². The maximum absolute atomic E-state index is 12.7. The molecule has 1 aromatic rings. The van der Waals surface area contributed by atoms with Crippen LogP contribution in [0.2, 0.25) is 0 Å². The minimum absolute atomic E-state index is 0.113. The molecular weight excluding hydrogens is 420 g/mol. The van der Waals surface area contributed by atoms with Gasteiger partial charge in [-0.2, -0.15) is 0 Å². The lowest BCUT2D eigenvalue weighted by Gasteiger charge is -2.70. The molecule has 3 aliphatic carbocycles. The molecule has 2 bridgehead atoms. The minimum Gasteiger partial charge on any atom is -0.392 e. The van der Waals surface area contributed by atoms with E-state index in [1.54, 1.807) is 6.92 Å². The number of aliphatic hydroxyl groups is 5. The van der Waals surface area contributed by atoms with Crippen LogP contribution < -0.4 is 0 Å². The Morgan fingerprint density at radius 2 is 1.61 bits per heavy atom. The van der Waals surface area contributed by atoms with Crippen molar-refractivity contribution in [2.75, 3.05) is 6.61 Å². The van der Waals surface area contributed by atoms with Crippen LogP contribution in [-0.2, 0) is 4.74 Å². The van der Waals surface area contributed by atoms with Crippen molar-refractivity contribution in [3.05, 3.63) is 47.0 Å². The highest BCUT2D eigenvalue weighted by Gasteiger charge is 2.73. The zero-order chi connectivity index (χ0) is 24.1. The molecule has 6 nitrogen and oxygen atoms in total. The van der Waals surface area contributed by atoms with Gasteiger partial charge in [0.1, 0.15) is 6.10 Å². The molecular formula is C27H38O6. The Morgan fingerprint density at radius 3 is 2.18 bits per heavy atom. The van der Waals surface area contributed by atoms with Crippen molar-refractivity contribution >= 4 is 0 Å². The van der Waals surface area contributed by atoms with Gasteiger partial charge in [-0.1, -0.05) is 58.0 Å². The van der Waals surface area contributed by atoms with Gasteiger partial charge in [-0.05, 0) is 29.6 Å². The second-order valence-electron chi connectivity index (χ2n) is 12.0. The molecule has 1 aliphatic heterocycles. The van der Waals surface area contributed by atoms with Crippen LogP contribution >= 0.6 is 0 Å². The van der Waals surface area contributed by atoms with Crippen molar-refractivity contribution in [1.29, 1.82) is 0 Å². The van der Waals surface area contributed by atoms with Crippen molar-refractivity contribution in [3.63, 3.8) is 0 Å². The van der Waals surface area contributed by atoms with E-state index in [2.05, 4.69) is 6.92 Å². The first-order valence-electron chi connectivity index (χ1n) is 12.1. The molecule has 33 heavy (non-hydrogen) atoms. The Bertz CT molecular complexity index is 974. The molecule has 1 heterocycles. The predicted octanol–water partition coefficient (Wildman–Crippen LogP) is 2.14. The van der Waals surface area contributed by atoms with Crippen LogP contribution in [0.5, 0.6) is 0 Å². The molecule has 5 N–H and O–H groups in total. The van der Waals surface area contributed by atoms with Gasteiger partial charge >= 0.3 is 0 Å². The minimum atomic E-state index is -1.43. The van der Waals surface area contributed by atoms with Gasteiger partial charge in [-0.25, -0.2) is 0 Å². The molecule has 0 spiro atoms. The number of aliphatic hydroxyl groups excluding tert-OH is 4. The Hall–Kier alpha value is -1.28. The number of fused-ring (bicyclic) bond motifs is 5. The highest BCUT2D eigenvalue weighted by Crippen LogP contribution is 2.69. The summed E-state index contributed by atoms with van der Waals surface area (Å²) in [6.07, 6.45) is -4.17. The molecule has 0 aromatic heterocycles. The standard InChI is InChI=1S/C27H38O6/c1-14-16(28)12-27(32)20(15-9-7-6-8-10-15)22-25(4)13-33-18(25)11-17(29)26(22,5)23(31)21(30)19(14)24(27,2)3/h6-10,16-18,20-23,28-32H,11-13H2,1-5H3/t16-,17-,18+,20?,21+,22?,23-,25+,26+,27+/m0/s1. The van der Waals surface area contributed by atoms with Crippen LogP contribution in [-0.4, -0.2) is 68.3 Å². The fraction of sp³-hybridized carbons (Fsp3) is 0.704. The molecule has 0 amide bonds. The maximum Gasteiger partial charge on any atom is 0.102 e. The topological polar surface area (TPSA) is 110 Å². The first kappa shape index (κ1) is 23.5. The van der Waals surface area contributed by atoms with E-state index in [0.29, 0.717) is 24.2 Å². The van der Waals surface area contributed by atoms with Gasteiger partial charge in [0.05, 0.1) is 36.6 Å². The van der Waals surface area contributed by atoms with E-state index in [0.717, 1.165) is 5.56 Å². The van der Waals surface area contributed by atoms with E-state index in [1.807, 2.05) is 51.1 Å². The van der Waals surface area contributed by atoms with Gasteiger partial charge in [-0.3, -0.25) is 0 Å². The van der Waals surface area contributed by atoms with Gasteiger partial charge in [0.25, 0.3) is 0 Å². The molecule has 6 heteroatoms. The summed E-state index contributed by atoms with van der Waals surface area (Å²) in [5, 5.41) is 58.7. The molecule has 182 valence electrons. The smallest absolute Gasteiger partial charge is 0.102 e. The molecule has 3 fully saturated rings. The van der Waals surface area contributed by atoms with Crippen LogP contribution in [0.25, 0.3) is 0 Å². The molecule has 10 atom stereocenters. The highest BCUT2D eigenvalue weighted by atomic mass is 16.5. The molecule has 0 radical (unpaired) electrons. The highest BCUT2D eigenvalue weighted by molar-refractivity contribution is 5.42. The van der Waals surface area contributed by atoms with Crippen LogP contribution in [0.3, 0.4) is 0 Å². The summed E-state index contributed by atoms with van der Waals surface area (Å²) in [5.74, 6) is -0.916. The lowest BCUT2D eigenvalue weighted by molar-refractivity contribution is -0.320. The second-order valence-corrected chi connectivity index (χ2v) is 12.0. The van der Waals surface area contributed by atoms with E-state index < -0.39 is 58.1 Å². The first-order chi connectivity index (χ1) is 15.3. The van der Waals surface area contributed by atoms with Crippen molar-refractivity contribution in [1.82, 2.24) is 0 Å². The molecule has 1 aromatic carbocycles. The predicted molar refractivity (Wildman–Crippen MR) is 123 cm³/mol. The largest absolute Gasteiger partial charge is 0.392 e. The number of rotatable bonds is 1. The molecule has 2 saturated carbocycles. The van der Waals surface area contributed by atoms with Gasteiger partial charge in [-0.15, -0.1) is 0 Å². The van der Waals surface area contributed by atoms with Crippen molar-refractivity contribution < 1.29 is 30.3 Å². The van der Waals surface area contributed by atoms with Crippen molar-refractivity contribution in [2.45, 2.75) is 89.5 Å². The average molecular weight is 459 g/mol. The van der Waals surface area contributed by atoms with E-state index in [1.165, 1.54) is 0 Å². The summed E-state index contributed by atoms with van der Waals surface area (Å²) in [7, 11) is 0. The Kier molecular flexibility index (Phi) is 5.06. The van der Waals surface area contributed by atoms with Crippen LogP contribution in [0.4, 0.5) is 0 Å². The maximum atomic E-state index is 12.7. The number of benzene rings is 1. The van der Waals surface area contributed by atoms with E-state index >= 15 is 0 Å². The molecule has 4 aliphatic rings. The number of hydrogen-bond acceptors (Lipinski definition) is 6. The summed E-state index contributed by atoms with van der Waals surface area (Å²) in [4.78, 5) is 0. The molecule has 5 rings (SSSR count). The SMILES string of the molecule is CC1=C2[C@@H](O)[C@H](O)[C@@]3(C)C(C(c4ccccc4)[C@](O)(C[C@@H]1O)C2(C)C)[C@]1(C)CO[C@@H]1C[C@@H]3O. The van der Waals surface area contributed by atoms with Crippen molar-refractivity contribution in [3.8, 4) is 0 Å². The summed E-state index contributed by atoms with van der Waals surface area (Å²) in [5.41, 5.74) is -1.92. The Labute approximate surface area is 195 Å². The monoisotopic (exact) mass is 458 g/mol.